The third-order valence-corrected chi connectivity index (χ3v) is 4.71. The van der Waals surface area contributed by atoms with Crippen LogP contribution in [0.5, 0.6) is 5.88 Å². The Morgan fingerprint density at radius 3 is 2.83 bits per heavy atom. The summed E-state index contributed by atoms with van der Waals surface area (Å²) < 4.78 is 5.34. The first-order chi connectivity index (χ1) is 11.1. The minimum Gasteiger partial charge on any atom is -0.481 e. The van der Waals surface area contributed by atoms with E-state index in [0.717, 1.165) is 24.1 Å². The van der Waals surface area contributed by atoms with Crippen molar-refractivity contribution in [1.82, 2.24) is 15.2 Å². The molecular formula is C17H23N3O3. The normalized spacial score (nSPS) is 17.5. The number of ether oxygens (including phenoxy) is 1. The summed E-state index contributed by atoms with van der Waals surface area (Å²) in [6, 6.07) is 2.17. The van der Waals surface area contributed by atoms with E-state index < -0.39 is 0 Å². The summed E-state index contributed by atoms with van der Waals surface area (Å²) in [5, 5.41) is 2.81. The molecule has 3 rings (SSSR count). The van der Waals surface area contributed by atoms with E-state index in [-0.39, 0.29) is 11.8 Å². The molecule has 124 valence electrons. The highest BCUT2D eigenvalue weighted by atomic mass is 16.5. The van der Waals surface area contributed by atoms with Crippen LogP contribution in [-0.4, -0.2) is 34.8 Å². The number of carbonyl (C=O) groups is 2. The fourth-order valence-corrected chi connectivity index (χ4v) is 3.40. The van der Waals surface area contributed by atoms with Gasteiger partial charge in [0.05, 0.1) is 24.9 Å². The summed E-state index contributed by atoms with van der Waals surface area (Å²) in [6.45, 7) is 2.69. The average Bonchev–Trinajstić information content (AvgIpc) is 3.20. The molecule has 1 aliphatic heterocycles. The van der Waals surface area contributed by atoms with E-state index in [0.29, 0.717) is 37.0 Å². The van der Waals surface area contributed by atoms with Crippen LogP contribution in [0.3, 0.4) is 0 Å². The Morgan fingerprint density at radius 2 is 2.17 bits per heavy atom. The highest BCUT2D eigenvalue weighted by Gasteiger charge is 2.35. The van der Waals surface area contributed by atoms with Crippen LogP contribution >= 0.6 is 0 Å². The number of hydrogen-bond donors (Lipinski definition) is 1. The van der Waals surface area contributed by atoms with Crippen LogP contribution in [0.15, 0.2) is 6.07 Å². The van der Waals surface area contributed by atoms with Crippen molar-refractivity contribution in [2.45, 2.75) is 58.2 Å². The fourth-order valence-electron chi connectivity index (χ4n) is 3.40. The second kappa shape index (κ2) is 6.56. The molecular weight excluding hydrogens is 294 g/mol. The molecule has 1 aromatic rings. The van der Waals surface area contributed by atoms with E-state index in [1.165, 1.54) is 12.8 Å². The lowest BCUT2D eigenvalue weighted by molar-refractivity contribution is -0.120. The number of methoxy groups -OCH3 is 1. The Balaban J connectivity index is 1.83. The van der Waals surface area contributed by atoms with Crippen LogP contribution in [0.2, 0.25) is 0 Å². The number of aromatic nitrogens is 1. The fraction of sp³-hybridized carbons (Fsp3) is 0.588. The van der Waals surface area contributed by atoms with E-state index in [1.807, 2.05) is 11.0 Å². The van der Waals surface area contributed by atoms with E-state index in [9.17, 15) is 9.59 Å². The van der Waals surface area contributed by atoms with Crippen molar-refractivity contribution in [3.05, 3.63) is 22.9 Å². The van der Waals surface area contributed by atoms with Crippen molar-refractivity contribution < 1.29 is 14.3 Å². The first kappa shape index (κ1) is 15.8. The molecule has 1 aliphatic carbocycles. The molecule has 0 saturated heterocycles. The molecule has 1 N–H and O–H groups in total. The molecule has 1 saturated carbocycles. The number of rotatable bonds is 5. The van der Waals surface area contributed by atoms with Crippen LogP contribution < -0.4 is 10.1 Å². The number of pyridine rings is 1. The van der Waals surface area contributed by atoms with Crippen LogP contribution in [0.4, 0.5) is 0 Å². The lowest BCUT2D eigenvalue weighted by Gasteiger charge is -2.22. The molecule has 2 aliphatic rings. The van der Waals surface area contributed by atoms with E-state index >= 15 is 0 Å². The quantitative estimate of drug-likeness (QED) is 0.902. The average molecular weight is 317 g/mol. The Hall–Kier alpha value is -2.11. The van der Waals surface area contributed by atoms with Crippen molar-refractivity contribution >= 4 is 11.8 Å². The molecule has 6 heteroatoms. The Kier molecular flexibility index (Phi) is 4.50. The lowest BCUT2D eigenvalue weighted by atomic mass is 10.1. The molecule has 0 spiro atoms. The monoisotopic (exact) mass is 317 g/mol. The van der Waals surface area contributed by atoms with Gasteiger partial charge in [-0.1, -0.05) is 19.8 Å². The van der Waals surface area contributed by atoms with Crippen molar-refractivity contribution in [1.29, 1.82) is 0 Å². The predicted molar refractivity (Wildman–Crippen MR) is 85.1 cm³/mol. The van der Waals surface area contributed by atoms with Gasteiger partial charge in [-0.3, -0.25) is 9.59 Å². The summed E-state index contributed by atoms with van der Waals surface area (Å²) in [7, 11) is 1.56. The standard InChI is InChI=1S/C17H23N3O3/c1-3-15(21)18-9-11-8-13-14(19-16(11)23-2)10-20(17(13)22)12-6-4-5-7-12/h8,12H,3-7,9-10H2,1-2H3,(H,18,21). The van der Waals surface area contributed by atoms with Gasteiger partial charge < -0.3 is 15.0 Å². The van der Waals surface area contributed by atoms with Crippen molar-refractivity contribution in [2.75, 3.05) is 7.11 Å². The number of amides is 2. The molecule has 0 unspecified atom stereocenters. The molecule has 0 atom stereocenters. The Labute approximate surface area is 136 Å². The van der Waals surface area contributed by atoms with Gasteiger partial charge in [-0.05, 0) is 18.9 Å². The van der Waals surface area contributed by atoms with E-state index in [1.54, 1.807) is 14.0 Å². The van der Waals surface area contributed by atoms with Crippen LogP contribution in [0.25, 0.3) is 0 Å². The summed E-state index contributed by atoms with van der Waals surface area (Å²) in [6.07, 6.45) is 4.97. The summed E-state index contributed by atoms with van der Waals surface area (Å²) in [4.78, 5) is 30.6. The number of nitrogens with one attached hydrogen (secondary N) is 1. The zero-order valence-electron chi connectivity index (χ0n) is 13.7. The molecule has 0 radical (unpaired) electrons. The van der Waals surface area contributed by atoms with Gasteiger partial charge in [-0.15, -0.1) is 0 Å². The van der Waals surface area contributed by atoms with E-state index in [2.05, 4.69) is 10.3 Å². The molecule has 1 aromatic heterocycles. The van der Waals surface area contributed by atoms with Crippen molar-refractivity contribution in [3.63, 3.8) is 0 Å². The number of hydrogen-bond acceptors (Lipinski definition) is 4. The second-order valence-corrected chi connectivity index (χ2v) is 6.15. The zero-order chi connectivity index (χ0) is 16.4. The van der Waals surface area contributed by atoms with Gasteiger partial charge in [0, 0.05) is 24.6 Å². The maximum atomic E-state index is 12.7. The predicted octanol–water partition coefficient (Wildman–Crippen LogP) is 2.01. The molecule has 2 amide bonds. The maximum absolute atomic E-state index is 12.7. The van der Waals surface area contributed by atoms with Crippen molar-refractivity contribution in [2.24, 2.45) is 0 Å². The molecule has 23 heavy (non-hydrogen) atoms. The van der Waals surface area contributed by atoms with Crippen LogP contribution in [-0.2, 0) is 17.9 Å². The van der Waals surface area contributed by atoms with Gasteiger partial charge in [0.1, 0.15) is 0 Å². The third-order valence-electron chi connectivity index (χ3n) is 4.71. The molecule has 0 aromatic carbocycles. The zero-order valence-corrected chi connectivity index (χ0v) is 13.7. The number of fused-ring (bicyclic) bond motifs is 1. The van der Waals surface area contributed by atoms with Gasteiger partial charge in [-0.25, -0.2) is 4.98 Å². The largest absolute Gasteiger partial charge is 0.481 e. The van der Waals surface area contributed by atoms with Crippen LogP contribution in [0.1, 0.15) is 60.6 Å². The minimum atomic E-state index is -0.0357. The SMILES string of the molecule is CCC(=O)NCc1cc2c(nc1OC)CN(C1CCCC1)C2=O. The molecule has 2 heterocycles. The first-order valence-electron chi connectivity index (χ1n) is 8.28. The molecule has 0 bridgehead atoms. The second-order valence-electron chi connectivity index (χ2n) is 6.15. The highest BCUT2D eigenvalue weighted by Crippen LogP contribution is 2.33. The molecule has 1 fully saturated rings. The van der Waals surface area contributed by atoms with Gasteiger partial charge in [0.2, 0.25) is 11.8 Å². The first-order valence-corrected chi connectivity index (χ1v) is 8.28. The smallest absolute Gasteiger partial charge is 0.256 e. The van der Waals surface area contributed by atoms with Crippen LogP contribution in [0, 0.1) is 0 Å². The van der Waals surface area contributed by atoms with E-state index in [4.69, 9.17) is 4.74 Å². The van der Waals surface area contributed by atoms with Gasteiger partial charge in [0.15, 0.2) is 0 Å². The number of nitrogens with zero attached hydrogens (tertiary/aromatic N) is 2. The van der Waals surface area contributed by atoms with Gasteiger partial charge in [0.25, 0.3) is 5.91 Å². The van der Waals surface area contributed by atoms with Gasteiger partial charge >= 0.3 is 0 Å². The Bertz CT molecular complexity index is 624. The third kappa shape index (κ3) is 3.02. The summed E-state index contributed by atoms with van der Waals surface area (Å²) >= 11 is 0. The summed E-state index contributed by atoms with van der Waals surface area (Å²) in [5.74, 6) is 0.512. The molecule has 6 nitrogen and oxygen atoms in total. The maximum Gasteiger partial charge on any atom is 0.256 e. The minimum absolute atomic E-state index is 0.0357. The van der Waals surface area contributed by atoms with Gasteiger partial charge in [-0.2, -0.15) is 0 Å². The highest BCUT2D eigenvalue weighted by molar-refractivity contribution is 5.98. The Morgan fingerprint density at radius 1 is 1.43 bits per heavy atom. The topological polar surface area (TPSA) is 71.5 Å². The lowest BCUT2D eigenvalue weighted by Crippen LogP contribution is -2.33. The summed E-state index contributed by atoms with van der Waals surface area (Å²) in [5.41, 5.74) is 2.18. The van der Waals surface area contributed by atoms with Crippen molar-refractivity contribution in [3.8, 4) is 5.88 Å². The number of carbonyl (C=O) groups excluding carboxylic acids is 2.